The summed E-state index contributed by atoms with van der Waals surface area (Å²) in [5, 5.41) is 4.28. The molecule has 0 spiro atoms. The predicted molar refractivity (Wildman–Crippen MR) is 87.7 cm³/mol. The summed E-state index contributed by atoms with van der Waals surface area (Å²) in [6.45, 7) is 1.93. The maximum absolute atomic E-state index is 6.15. The highest BCUT2D eigenvalue weighted by Gasteiger charge is 2.00. The lowest BCUT2D eigenvalue weighted by Crippen LogP contribution is -2.14. The van der Waals surface area contributed by atoms with E-state index in [1.807, 2.05) is 23.9 Å². The van der Waals surface area contributed by atoms with Gasteiger partial charge in [-0.2, -0.15) is 11.8 Å². The standard InChI is InChI=1S/C14H21BrClNS/c1-18-9-5-3-2-4-8-17-11-12-6-7-13(15)10-14(12)16/h6-7,10,17H,2-5,8-9,11H2,1H3. The van der Waals surface area contributed by atoms with Gasteiger partial charge in [0.05, 0.1) is 0 Å². The average molecular weight is 351 g/mol. The lowest BCUT2D eigenvalue weighted by atomic mass is 10.2. The monoisotopic (exact) mass is 349 g/mol. The molecule has 18 heavy (non-hydrogen) atoms. The van der Waals surface area contributed by atoms with Gasteiger partial charge in [0, 0.05) is 16.0 Å². The van der Waals surface area contributed by atoms with Crippen molar-refractivity contribution in [2.75, 3.05) is 18.6 Å². The van der Waals surface area contributed by atoms with Crippen molar-refractivity contribution in [3.8, 4) is 0 Å². The summed E-state index contributed by atoms with van der Waals surface area (Å²) >= 11 is 11.5. The van der Waals surface area contributed by atoms with Gasteiger partial charge in [-0.05, 0) is 49.1 Å². The maximum atomic E-state index is 6.15. The van der Waals surface area contributed by atoms with Crippen molar-refractivity contribution in [2.45, 2.75) is 32.2 Å². The smallest absolute Gasteiger partial charge is 0.0462 e. The quantitative estimate of drug-likeness (QED) is 0.621. The van der Waals surface area contributed by atoms with Crippen LogP contribution in [0.15, 0.2) is 22.7 Å². The molecule has 0 saturated heterocycles. The lowest BCUT2D eigenvalue weighted by molar-refractivity contribution is 0.599. The third kappa shape index (κ3) is 7.03. The molecule has 0 saturated carbocycles. The van der Waals surface area contributed by atoms with Crippen molar-refractivity contribution >= 4 is 39.3 Å². The van der Waals surface area contributed by atoms with Crippen LogP contribution in [-0.2, 0) is 6.54 Å². The van der Waals surface area contributed by atoms with Crippen LogP contribution in [0, 0.1) is 0 Å². The molecule has 0 heterocycles. The Labute approximate surface area is 128 Å². The van der Waals surface area contributed by atoms with E-state index in [4.69, 9.17) is 11.6 Å². The summed E-state index contributed by atoms with van der Waals surface area (Å²) in [4.78, 5) is 0. The van der Waals surface area contributed by atoms with Crippen LogP contribution in [0.4, 0.5) is 0 Å². The van der Waals surface area contributed by atoms with Crippen LogP contribution < -0.4 is 5.32 Å². The molecule has 0 aliphatic carbocycles. The van der Waals surface area contributed by atoms with Crippen molar-refractivity contribution < 1.29 is 0 Å². The Hall–Kier alpha value is 0.300. The van der Waals surface area contributed by atoms with E-state index in [1.165, 1.54) is 37.0 Å². The highest BCUT2D eigenvalue weighted by atomic mass is 79.9. The van der Waals surface area contributed by atoms with E-state index >= 15 is 0 Å². The van der Waals surface area contributed by atoms with E-state index < -0.39 is 0 Å². The first-order valence-corrected chi connectivity index (χ1v) is 8.94. The van der Waals surface area contributed by atoms with Gasteiger partial charge in [0.1, 0.15) is 0 Å². The summed E-state index contributed by atoms with van der Waals surface area (Å²) in [6.07, 6.45) is 7.44. The van der Waals surface area contributed by atoms with Crippen molar-refractivity contribution in [1.29, 1.82) is 0 Å². The molecular formula is C14H21BrClNS. The van der Waals surface area contributed by atoms with Crippen LogP contribution in [0.2, 0.25) is 5.02 Å². The van der Waals surface area contributed by atoms with E-state index in [0.717, 1.165) is 22.6 Å². The van der Waals surface area contributed by atoms with Gasteiger partial charge in [-0.1, -0.05) is 46.4 Å². The minimum absolute atomic E-state index is 0.830. The number of halogens is 2. The average Bonchev–Trinajstić information content (AvgIpc) is 2.35. The van der Waals surface area contributed by atoms with E-state index in [2.05, 4.69) is 33.6 Å². The SMILES string of the molecule is CSCCCCCCNCc1ccc(Br)cc1Cl. The first-order valence-electron chi connectivity index (χ1n) is 6.37. The van der Waals surface area contributed by atoms with E-state index in [-0.39, 0.29) is 0 Å². The van der Waals surface area contributed by atoms with Crippen molar-refractivity contribution in [3.05, 3.63) is 33.3 Å². The highest BCUT2D eigenvalue weighted by molar-refractivity contribution is 9.10. The Bertz CT molecular complexity index is 347. The predicted octanol–water partition coefficient (Wildman–Crippen LogP) is 5.12. The van der Waals surface area contributed by atoms with Crippen molar-refractivity contribution in [3.63, 3.8) is 0 Å². The van der Waals surface area contributed by atoms with Gasteiger partial charge in [0.15, 0.2) is 0 Å². The number of rotatable bonds is 9. The zero-order valence-electron chi connectivity index (χ0n) is 10.8. The molecule has 1 aromatic carbocycles. The number of unbranched alkanes of at least 4 members (excludes halogenated alkanes) is 3. The van der Waals surface area contributed by atoms with Crippen LogP contribution in [0.1, 0.15) is 31.2 Å². The summed E-state index contributed by atoms with van der Waals surface area (Å²) in [5.74, 6) is 1.29. The molecule has 0 amide bonds. The third-order valence-corrected chi connectivity index (χ3v) is 4.32. The van der Waals surface area contributed by atoms with E-state index in [1.54, 1.807) is 0 Å². The number of thioether (sulfide) groups is 1. The summed E-state index contributed by atoms with van der Waals surface area (Å²) in [7, 11) is 0. The third-order valence-electron chi connectivity index (χ3n) is 2.78. The Kier molecular flexibility index (Phi) is 9.21. The molecule has 1 rings (SSSR count). The normalized spacial score (nSPS) is 10.8. The van der Waals surface area contributed by atoms with Crippen molar-refractivity contribution in [2.24, 2.45) is 0 Å². The highest BCUT2D eigenvalue weighted by Crippen LogP contribution is 2.21. The fourth-order valence-corrected chi connectivity index (χ4v) is 2.97. The largest absolute Gasteiger partial charge is 0.313 e. The first kappa shape index (κ1) is 16.4. The minimum atomic E-state index is 0.830. The van der Waals surface area contributed by atoms with Gasteiger partial charge in [-0.3, -0.25) is 0 Å². The maximum Gasteiger partial charge on any atom is 0.0462 e. The molecule has 0 unspecified atom stereocenters. The van der Waals surface area contributed by atoms with E-state index in [9.17, 15) is 0 Å². The molecule has 0 bridgehead atoms. The zero-order valence-corrected chi connectivity index (χ0v) is 14.0. The molecular weight excluding hydrogens is 330 g/mol. The number of benzene rings is 1. The van der Waals surface area contributed by atoms with Crippen LogP contribution in [0.3, 0.4) is 0 Å². The van der Waals surface area contributed by atoms with Gasteiger partial charge < -0.3 is 5.32 Å². The number of nitrogens with one attached hydrogen (secondary N) is 1. The molecule has 4 heteroatoms. The van der Waals surface area contributed by atoms with Gasteiger partial charge in [-0.25, -0.2) is 0 Å². The molecule has 0 radical (unpaired) electrons. The van der Waals surface area contributed by atoms with Gasteiger partial charge in [0.2, 0.25) is 0 Å². The molecule has 0 aliphatic rings. The fourth-order valence-electron chi connectivity index (χ4n) is 1.74. The Morgan fingerprint density at radius 2 is 2.00 bits per heavy atom. The molecule has 1 nitrogen and oxygen atoms in total. The Balaban J connectivity index is 2.07. The molecule has 102 valence electrons. The second-order valence-corrected chi connectivity index (χ2v) is 6.63. The molecule has 0 aliphatic heterocycles. The van der Waals surface area contributed by atoms with Crippen LogP contribution in [0.25, 0.3) is 0 Å². The summed E-state index contributed by atoms with van der Waals surface area (Å²) < 4.78 is 1.03. The Morgan fingerprint density at radius 3 is 2.72 bits per heavy atom. The molecule has 0 atom stereocenters. The second kappa shape index (κ2) is 10.1. The van der Waals surface area contributed by atoms with Gasteiger partial charge >= 0.3 is 0 Å². The summed E-state index contributed by atoms with van der Waals surface area (Å²) in [6, 6.07) is 6.05. The Morgan fingerprint density at radius 1 is 1.22 bits per heavy atom. The second-order valence-electron chi connectivity index (χ2n) is 4.32. The number of hydrogen-bond donors (Lipinski definition) is 1. The van der Waals surface area contributed by atoms with E-state index in [0.29, 0.717) is 0 Å². The lowest BCUT2D eigenvalue weighted by Gasteiger charge is -2.07. The first-order chi connectivity index (χ1) is 8.74. The van der Waals surface area contributed by atoms with Gasteiger partial charge in [-0.15, -0.1) is 0 Å². The van der Waals surface area contributed by atoms with Gasteiger partial charge in [0.25, 0.3) is 0 Å². The number of hydrogen-bond acceptors (Lipinski definition) is 2. The van der Waals surface area contributed by atoms with Crippen LogP contribution >= 0.6 is 39.3 Å². The minimum Gasteiger partial charge on any atom is -0.313 e. The topological polar surface area (TPSA) is 12.0 Å². The van der Waals surface area contributed by atoms with Crippen molar-refractivity contribution in [1.82, 2.24) is 5.32 Å². The molecule has 1 aromatic rings. The fraction of sp³-hybridized carbons (Fsp3) is 0.571. The molecule has 1 N–H and O–H groups in total. The molecule has 0 fully saturated rings. The van der Waals surface area contributed by atoms with Crippen LogP contribution in [0.5, 0.6) is 0 Å². The molecule has 0 aromatic heterocycles. The van der Waals surface area contributed by atoms with Crippen LogP contribution in [-0.4, -0.2) is 18.6 Å². The summed E-state index contributed by atoms with van der Waals surface area (Å²) in [5.41, 5.74) is 1.17. The zero-order chi connectivity index (χ0) is 13.2.